The Balaban J connectivity index is 2.80. The summed E-state index contributed by atoms with van der Waals surface area (Å²) in [5, 5.41) is 2.80. The van der Waals surface area contributed by atoms with Gasteiger partial charge in [-0.2, -0.15) is 0 Å². The minimum absolute atomic E-state index is 0.169. The highest BCUT2D eigenvalue weighted by Crippen LogP contribution is 2.32. The Hall–Kier alpha value is -0.600. The van der Waals surface area contributed by atoms with E-state index in [0.717, 1.165) is 16.7 Å². The van der Waals surface area contributed by atoms with Gasteiger partial charge in [0.2, 0.25) is 0 Å². The molecule has 0 radical (unpaired) electrons. The van der Waals surface area contributed by atoms with Gasteiger partial charge >= 0.3 is 0 Å². The zero-order valence-electron chi connectivity index (χ0n) is 7.10. The van der Waals surface area contributed by atoms with Crippen LogP contribution in [0.25, 0.3) is 10.1 Å². The van der Waals surface area contributed by atoms with E-state index in [4.69, 9.17) is 11.6 Å². The molecule has 1 aromatic carbocycles. The average molecular weight is 215 g/mol. The van der Waals surface area contributed by atoms with Crippen LogP contribution in [0.3, 0.4) is 0 Å². The van der Waals surface area contributed by atoms with Crippen LogP contribution in [-0.4, -0.2) is 0 Å². The molecule has 0 aliphatic rings. The summed E-state index contributed by atoms with van der Waals surface area (Å²) in [7, 11) is 0. The maximum absolute atomic E-state index is 13.2. The second kappa shape index (κ2) is 3.28. The van der Waals surface area contributed by atoms with E-state index in [-0.39, 0.29) is 5.82 Å². The summed E-state index contributed by atoms with van der Waals surface area (Å²) in [6.07, 6.45) is 0.880. The number of halogens is 2. The average Bonchev–Trinajstić information content (AvgIpc) is 2.48. The third-order valence-corrected chi connectivity index (χ3v) is 3.46. The second-order valence-corrected chi connectivity index (χ2v) is 4.18. The summed E-state index contributed by atoms with van der Waals surface area (Å²) in [5.41, 5.74) is 1.08. The SMILES string of the molecule is CCc1cc(Cl)c2scc(F)c2c1. The molecule has 0 aliphatic heterocycles. The van der Waals surface area contributed by atoms with Gasteiger partial charge in [0, 0.05) is 10.8 Å². The quantitative estimate of drug-likeness (QED) is 0.666. The normalized spacial score (nSPS) is 11.0. The van der Waals surface area contributed by atoms with E-state index >= 15 is 0 Å². The molecule has 2 rings (SSSR count). The van der Waals surface area contributed by atoms with Crippen LogP contribution in [-0.2, 0) is 6.42 Å². The minimum Gasteiger partial charge on any atom is -0.205 e. The number of hydrogen-bond donors (Lipinski definition) is 0. The number of thiophene rings is 1. The van der Waals surface area contributed by atoms with Crippen LogP contribution in [0.2, 0.25) is 5.02 Å². The summed E-state index contributed by atoms with van der Waals surface area (Å²) in [5.74, 6) is -0.169. The van der Waals surface area contributed by atoms with Gasteiger partial charge in [-0.05, 0) is 24.1 Å². The number of benzene rings is 1. The summed E-state index contributed by atoms with van der Waals surface area (Å²) < 4.78 is 14.0. The summed E-state index contributed by atoms with van der Waals surface area (Å²) >= 11 is 7.35. The zero-order chi connectivity index (χ0) is 9.42. The fourth-order valence-electron chi connectivity index (χ4n) is 1.33. The summed E-state index contributed by atoms with van der Waals surface area (Å²) in [4.78, 5) is 0. The Labute approximate surface area is 85.0 Å². The molecule has 0 saturated carbocycles. The number of fused-ring (bicyclic) bond motifs is 1. The van der Waals surface area contributed by atoms with Crippen molar-refractivity contribution in [3.05, 3.63) is 33.9 Å². The van der Waals surface area contributed by atoms with E-state index in [2.05, 4.69) is 0 Å². The molecule has 0 nitrogen and oxygen atoms in total. The van der Waals surface area contributed by atoms with Crippen molar-refractivity contribution in [3.63, 3.8) is 0 Å². The van der Waals surface area contributed by atoms with Crippen molar-refractivity contribution in [3.8, 4) is 0 Å². The van der Waals surface area contributed by atoms with Crippen molar-refractivity contribution in [2.45, 2.75) is 13.3 Å². The molecule has 0 unspecified atom stereocenters. The fraction of sp³-hybridized carbons (Fsp3) is 0.200. The van der Waals surface area contributed by atoms with Gasteiger partial charge in [0.1, 0.15) is 5.82 Å². The number of rotatable bonds is 1. The highest BCUT2D eigenvalue weighted by molar-refractivity contribution is 7.17. The minimum atomic E-state index is -0.169. The predicted octanol–water partition coefficient (Wildman–Crippen LogP) is 4.26. The molecule has 0 atom stereocenters. The van der Waals surface area contributed by atoms with E-state index in [1.54, 1.807) is 0 Å². The van der Waals surface area contributed by atoms with Crippen LogP contribution in [0.4, 0.5) is 4.39 Å². The highest BCUT2D eigenvalue weighted by Gasteiger charge is 2.07. The molecule has 0 saturated heterocycles. The van der Waals surface area contributed by atoms with E-state index in [9.17, 15) is 4.39 Å². The van der Waals surface area contributed by atoms with Crippen LogP contribution < -0.4 is 0 Å². The van der Waals surface area contributed by atoms with Crippen molar-refractivity contribution in [1.29, 1.82) is 0 Å². The van der Waals surface area contributed by atoms with Crippen LogP contribution in [0.5, 0.6) is 0 Å². The molecular formula is C10H8ClFS. The van der Waals surface area contributed by atoms with Crippen molar-refractivity contribution < 1.29 is 4.39 Å². The highest BCUT2D eigenvalue weighted by atomic mass is 35.5. The zero-order valence-corrected chi connectivity index (χ0v) is 8.68. The molecular weight excluding hydrogens is 207 g/mol. The van der Waals surface area contributed by atoms with Gasteiger partial charge in [-0.15, -0.1) is 11.3 Å². The van der Waals surface area contributed by atoms with Crippen LogP contribution in [0.1, 0.15) is 12.5 Å². The molecule has 13 heavy (non-hydrogen) atoms. The van der Waals surface area contributed by atoms with Crippen molar-refractivity contribution in [2.75, 3.05) is 0 Å². The molecule has 0 spiro atoms. The molecule has 0 N–H and O–H groups in total. The Morgan fingerprint density at radius 2 is 2.23 bits per heavy atom. The molecule has 1 heterocycles. The Bertz CT molecular complexity index is 447. The first kappa shape index (κ1) is 8.97. The monoisotopic (exact) mass is 214 g/mol. The molecule has 0 aliphatic carbocycles. The van der Waals surface area contributed by atoms with E-state index < -0.39 is 0 Å². The first-order valence-electron chi connectivity index (χ1n) is 4.07. The lowest BCUT2D eigenvalue weighted by atomic mass is 10.1. The lowest BCUT2D eigenvalue weighted by Gasteiger charge is -1.99. The van der Waals surface area contributed by atoms with E-state index in [1.807, 2.05) is 19.1 Å². The predicted molar refractivity (Wildman–Crippen MR) is 56.2 cm³/mol. The molecule has 3 heteroatoms. The lowest BCUT2D eigenvalue weighted by molar-refractivity contribution is 0.644. The topological polar surface area (TPSA) is 0 Å². The standard InChI is InChI=1S/C10H8ClFS/c1-2-6-3-7-9(12)5-13-10(7)8(11)4-6/h3-5H,2H2,1H3. The Kier molecular flexibility index (Phi) is 2.26. The summed E-state index contributed by atoms with van der Waals surface area (Å²) in [6.45, 7) is 2.03. The largest absolute Gasteiger partial charge is 0.205 e. The van der Waals surface area contributed by atoms with Crippen molar-refractivity contribution in [2.24, 2.45) is 0 Å². The first-order chi connectivity index (χ1) is 6.22. The van der Waals surface area contributed by atoms with Gasteiger partial charge < -0.3 is 0 Å². The number of aryl methyl sites for hydroxylation is 1. The third kappa shape index (κ3) is 1.45. The Morgan fingerprint density at radius 1 is 1.46 bits per heavy atom. The maximum Gasteiger partial charge on any atom is 0.141 e. The van der Waals surface area contributed by atoms with Gasteiger partial charge in [-0.3, -0.25) is 0 Å². The van der Waals surface area contributed by atoms with Crippen LogP contribution in [0, 0.1) is 5.82 Å². The molecule has 0 bridgehead atoms. The Morgan fingerprint density at radius 3 is 2.92 bits per heavy atom. The van der Waals surface area contributed by atoms with Gasteiger partial charge in [-0.25, -0.2) is 4.39 Å². The molecule has 68 valence electrons. The van der Waals surface area contributed by atoms with Gasteiger partial charge in [0.05, 0.1) is 9.72 Å². The first-order valence-corrected chi connectivity index (χ1v) is 5.33. The number of hydrogen-bond acceptors (Lipinski definition) is 1. The van der Waals surface area contributed by atoms with Gasteiger partial charge in [0.15, 0.2) is 0 Å². The van der Waals surface area contributed by atoms with Gasteiger partial charge in [-0.1, -0.05) is 18.5 Å². The smallest absolute Gasteiger partial charge is 0.141 e. The maximum atomic E-state index is 13.2. The van der Waals surface area contributed by atoms with E-state index in [1.165, 1.54) is 16.7 Å². The molecule has 0 amide bonds. The van der Waals surface area contributed by atoms with Crippen molar-refractivity contribution in [1.82, 2.24) is 0 Å². The van der Waals surface area contributed by atoms with Crippen molar-refractivity contribution >= 4 is 33.0 Å². The van der Waals surface area contributed by atoms with Crippen LogP contribution in [0.15, 0.2) is 17.5 Å². The fourth-order valence-corrected chi connectivity index (χ4v) is 2.50. The third-order valence-electron chi connectivity index (χ3n) is 2.05. The molecule has 2 aromatic rings. The van der Waals surface area contributed by atoms with Gasteiger partial charge in [0.25, 0.3) is 0 Å². The second-order valence-electron chi connectivity index (χ2n) is 2.89. The van der Waals surface area contributed by atoms with Crippen LogP contribution >= 0.6 is 22.9 Å². The van der Waals surface area contributed by atoms with E-state index in [0.29, 0.717) is 10.4 Å². The lowest BCUT2D eigenvalue weighted by Crippen LogP contribution is -1.80. The summed E-state index contributed by atoms with van der Waals surface area (Å²) in [6, 6.07) is 3.77. The molecule has 1 aromatic heterocycles. The molecule has 0 fully saturated rings.